The number of fused-ring (bicyclic) bond motifs is 2. The van der Waals surface area contributed by atoms with E-state index in [4.69, 9.17) is 18.0 Å². The summed E-state index contributed by atoms with van der Waals surface area (Å²) in [4.78, 5) is 3.07. The van der Waals surface area contributed by atoms with Crippen LogP contribution in [-0.4, -0.2) is 35.1 Å². The van der Waals surface area contributed by atoms with Crippen molar-refractivity contribution in [3.8, 4) is 0 Å². The lowest BCUT2D eigenvalue weighted by Gasteiger charge is -2.47. The highest BCUT2D eigenvalue weighted by Gasteiger charge is 2.36. The Hall–Kier alpha value is -1.13. The van der Waals surface area contributed by atoms with Crippen LogP contribution in [0.2, 0.25) is 0 Å². The molecule has 21 heavy (non-hydrogen) atoms. The molecule has 0 aromatic heterocycles. The van der Waals surface area contributed by atoms with Gasteiger partial charge in [0, 0.05) is 29.4 Å². The molecule has 0 saturated carbocycles. The number of nitrogens with zero attached hydrogens (tertiary/aromatic N) is 1. The van der Waals surface area contributed by atoms with E-state index in [2.05, 4.69) is 30.3 Å². The van der Waals surface area contributed by atoms with Gasteiger partial charge in [0.25, 0.3) is 0 Å². The highest BCUT2D eigenvalue weighted by atomic mass is 32.1. The predicted molar refractivity (Wildman–Crippen MR) is 92.9 cm³/mol. The van der Waals surface area contributed by atoms with Gasteiger partial charge in [0.15, 0.2) is 0 Å². The first-order valence-electron chi connectivity index (χ1n) is 7.94. The van der Waals surface area contributed by atoms with Crippen molar-refractivity contribution in [2.45, 2.75) is 57.2 Å². The maximum Gasteiger partial charge on any atom is 0.106 e. The van der Waals surface area contributed by atoms with Crippen molar-refractivity contribution in [2.75, 3.05) is 12.4 Å². The molecule has 0 aliphatic carbocycles. The Bertz CT molecular complexity index is 529. The summed E-state index contributed by atoms with van der Waals surface area (Å²) < 4.78 is 0. The number of nitrogens with one attached hydrogen (secondary N) is 1. The molecule has 2 aliphatic heterocycles. The van der Waals surface area contributed by atoms with Crippen LogP contribution in [0.4, 0.5) is 5.69 Å². The van der Waals surface area contributed by atoms with Crippen LogP contribution in [0.5, 0.6) is 0 Å². The number of nitrogens with two attached hydrogens (primary N) is 1. The average molecular weight is 303 g/mol. The molecule has 1 aromatic rings. The second-order valence-corrected chi connectivity index (χ2v) is 7.02. The number of piperidine rings is 2. The number of rotatable bonds is 3. The maximum atomic E-state index is 5.89. The van der Waals surface area contributed by atoms with E-state index in [9.17, 15) is 0 Å². The normalized spacial score (nSPS) is 29.1. The van der Waals surface area contributed by atoms with Crippen LogP contribution in [0.1, 0.15) is 43.2 Å². The summed E-state index contributed by atoms with van der Waals surface area (Å²) >= 11 is 5.21. The quantitative estimate of drug-likeness (QED) is 0.842. The van der Waals surface area contributed by atoms with E-state index in [-0.39, 0.29) is 0 Å². The van der Waals surface area contributed by atoms with Gasteiger partial charge in [0.2, 0.25) is 0 Å². The molecule has 1 aromatic carbocycles. The predicted octanol–water partition coefficient (Wildman–Crippen LogP) is 3.06. The summed E-state index contributed by atoms with van der Waals surface area (Å²) in [6.07, 6.45) is 6.49. The number of anilines is 1. The monoisotopic (exact) mass is 303 g/mol. The summed E-state index contributed by atoms with van der Waals surface area (Å²) in [6, 6.07) is 8.16. The molecule has 4 heteroatoms. The molecule has 2 fully saturated rings. The minimum atomic E-state index is 0.481. The second-order valence-electron chi connectivity index (χ2n) is 6.58. The molecule has 2 heterocycles. The van der Waals surface area contributed by atoms with E-state index in [1.54, 1.807) is 0 Å². The van der Waals surface area contributed by atoms with E-state index in [0.29, 0.717) is 11.0 Å². The third kappa shape index (κ3) is 2.92. The zero-order valence-electron chi connectivity index (χ0n) is 12.9. The van der Waals surface area contributed by atoms with Gasteiger partial charge in [-0.1, -0.05) is 30.8 Å². The summed E-state index contributed by atoms with van der Waals surface area (Å²) in [7, 11) is 2.29. The molecule has 2 atom stereocenters. The first-order chi connectivity index (χ1) is 10.1. The zero-order valence-corrected chi connectivity index (χ0v) is 13.7. The average Bonchev–Trinajstić information content (AvgIpc) is 2.41. The van der Waals surface area contributed by atoms with Gasteiger partial charge in [-0.15, -0.1) is 0 Å². The van der Waals surface area contributed by atoms with Gasteiger partial charge in [0.1, 0.15) is 4.99 Å². The molecule has 114 valence electrons. The van der Waals surface area contributed by atoms with Crippen LogP contribution in [0, 0.1) is 6.92 Å². The molecule has 0 spiro atoms. The van der Waals surface area contributed by atoms with Gasteiger partial charge >= 0.3 is 0 Å². The lowest BCUT2D eigenvalue weighted by Crippen LogP contribution is -2.52. The van der Waals surface area contributed by atoms with E-state index in [1.807, 2.05) is 12.1 Å². The highest BCUT2D eigenvalue weighted by Crippen LogP contribution is 2.34. The van der Waals surface area contributed by atoms with E-state index in [0.717, 1.165) is 23.3 Å². The van der Waals surface area contributed by atoms with Gasteiger partial charge in [0.05, 0.1) is 0 Å². The zero-order chi connectivity index (χ0) is 15.0. The first kappa shape index (κ1) is 14.8. The minimum Gasteiger partial charge on any atom is -0.389 e. The first-order valence-corrected chi connectivity index (χ1v) is 8.35. The Kier molecular flexibility index (Phi) is 4.18. The molecule has 2 unspecified atom stereocenters. The summed E-state index contributed by atoms with van der Waals surface area (Å²) in [6.45, 7) is 2.12. The number of thiocarbonyl (C=S) groups is 1. The molecule has 3 N–H and O–H groups in total. The van der Waals surface area contributed by atoms with Gasteiger partial charge in [-0.05, 0) is 51.3 Å². The summed E-state index contributed by atoms with van der Waals surface area (Å²) in [5, 5.41) is 3.75. The molecule has 2 saturated heterocycles. The largest absolute Gasteiger partial charge is 0.389 e. The molecule has 0 radical (unpaired) electrons. The second kappa shape index (κ2) is 5.93. The summed E-state index contributed by atoms with van der Waals surface area (Å²) in [5.74, 6) is 0. The lowest BCUT2D eigenvalue weighted by molar-refractivity contribution is 0.0608. The number of para-hydroxylation sites is 1. The molecule has 2 aliphatic rings. The van der Waals surface area contributed by atoms with Crippen molar-refractivity contribution >= 4 is 22.9 Å². The van der Waals surface area contributed by atoms with Crippen molar-refractivity contribution in [1.29, 1.82) is 0 Å². The van der Waals surface area contributed by atoms with Crippen molar-refractivity contribution < 1.29 is 0 Å². The smallest absolute Gasteiger partial charge is 0.106 e. The van der Waals surface area contributed by atoms with Crippen molar-refractivity contribution in [3.63, 3.8) is 0 Å². The Morgan fingerprint density at radius 3 is 2.57 bits per heavy atom. The number of hydrogen-bond acceptors (Lipinski definition) is 3. The number of benzene rings is 1. The third-order valence-corrected chi connectivity index (χ3v) is 5.45. The van der Waals surface area contributed by atoms with E-state index < -0.39 is 0 Å². The Labute approximate surface area is 132 Å². The van der Waals surface area contributed by atoms with Gasteiger partial charge in [-0.25, -0.2) is 0 Å². The number of aryl methyl sites for hydroxylation is 1. The van der Waals surface area contributed by atoms with E-state index >= 15 is 0 Å². The van der Waals surface area contributed by atoms with Crippen molar-refractivity contribution in [1.82, 2.24) is 4.90 Å². The molecular formula is C17H25N3S. The maximum absolute atomic E-state index is 5.89. The highest BCUT2D eigenvalue weighted by molar-refractivity contribution is 7.80. The Morgan fingerprint density at radius 2 is 1.95 bits per heavy atom. The lowest BCUT2D eigenvalue weighted by atomic mass is 9.82. The molecule has 0 amide bonds. The van der Waals surface area contributed by atoms with Crippen molar-refractivity contribution in [2.24, 2.45) is 5.73 Å². The molecule has 3 rings (SSSR count). The molecule has 3 nitrogen and oxygen atoms in total. The Balaban J connectivity index is 1.80. The Morgan fingerprint density at radius 1 is 1.29 bits per heavy atom. The molecular weight excluding hydrogens is 278 g/mol. The van der Waals surface area contributed by atoms with E-state index in [1.165, 1.54) is 37.7 Å². The fourth-order valence-electron chi connectivity index (χ4n) is 4.00. The minimum absolute atomic E-state index is 0.481. The SMILES string of the molecule is Cc1cccc(C(N)=S)c1NC1CC2CCCC(C1)N2C. The molecule has 2 bridgehead atoms. The van der Waals surface area contributed by atoms with Crippen LogP contribution in [-0.2, 0) is 0 Å². The van der Waals surface area contributed by atoms with Crippen LogP contribution >= 0.6 is 12.2 Å². The fourth-order valence-corrected chi connectivity index (χ4v) is 4.17. The summed E-state index contributed by atoms with van der Waals surface area (Å²) in [5.41, 5.74) is 9.23. The van der Waals surface area contributed by atoms with Crippen LogP contribution in [0.15, 0.2) is 18.2 Å². The van der Waals surface area contributed by atoms with Gasteiger partial charge in [-0.3, -0.25) is 0 Å². The third-order valence-electron chi connectivity index (χ3n) is 5.23. The van der Waals surface area contributed by atoms with Gasteiger partial charge < -0.3 is 16.0 Å². The number of hydrogen-bond donors (Lipinski definition) is 2. The van der Waals surface area contributed by atoms with Crippen LogP contribution < -0.4 is 11.1 Å². The van der Waals surface area contributed by atoms with Crippen LogP contribution in [0.25, 0.3) is 0 Å². The topological polar surface area (TPSA) is 41.3 Å². The van der Waals surface area contributed by atoms with Gasteiger partial charge in [-0.2, -0.15) is 0 Å². The van der Waals surface area contributed by atoms with Crippen LogP contribution in [0.3, 0.4) is 0 Å². The fraction of sp³-hybridized carbons (Fsp3) is 0.588. The standard InChI is InChI=1S/C17H25N3S/c1-11-5-3-8-15(17(18)21)16(11)19-12-9-13-6-4-7-14(10-12)20(13)2/h3,5,8,12-14,19H,4,6-7,9-10H2,1-2H3,(H2,18,21). The van der Waals surface area contributed by atoms with Crippen molar-refractivity contribution in [3.05, 3.63) is 29.3 Å².